The number of furan rings is 1. The molecule has 0 atom stereocenters. The van der Waals surface area contributed by atoms with Crippen molar-refractivity contribution in [3.8, 4) is 0 Å². The molecule has 0 fully saturated rings. The zero-order chi connectivity index (χ0) is 9.42. The summed E-state index contributed by atoms with van der Waals surface area (Å²) >= 11 is 3.70. The van der Waals surface area contributed by atoms with Gasteiger partial charge in [-0.15, -0.1) is 0 Å². The van der Waals surface area contributed by atoms with Crippen molar-refractivity contribution in [3.05, 3.63) is 27.6 Å². The number of fused-ring (bicyclic) bond motifs is 1. The molecule has 68 valence electrons. The first-order valence-electron chi connectivity index (χ1n) is 3.64. The van der Waals surface area contributed by atoms with Crippen molar-refractivity contribution >= 4 is 45.3 Å². The Kier molecular flexibility index (Phi) is 2.51. The van der Waals surface area contributed by atoms with Crippen molar-refractivity contribution < 1.29 is 8.81 Å². The summed E-state index contributed by atoms with van der Waals surface area (Å²) in [5, 5.41) is 1.70. The van der Waals surface area contributed by atoms with E-state index in [1.165, 1.54) is 23.9 Å². The van der Waals surface area contributed by atoms with Crippen LogP contribution in [0.15, 0.2) is 27.7 Å². The number of halogens is 2. The van der Waals surface area contributed by atoms with Gasteiger partial charge in [-0.2, -0.15) is 0 Å². The van der Waals surface area contributed by atoms with Crippen molar-refractivity contribution in [3.63, 3.8) is 0 Å². The lowest BCUT2D eigenvalue weighted by molar-refractivity contribution is 0.511. The van der Waals surface area contributed by atoms with Crippen molar-refractivity contribution in [1.82, 2.24) is 0 Å². The summed E-state index contributed by atoms with van der Waals surface area (Å²) in [6, 6.07) is 4.57. The van der Waals surface area contributed by atoms with E-state index in [-0.39, 0.29) is 5.82 Å². The van der Waals surface area contributed by atoms with Crippen molar-refractivity contribution in [2.75, 3.05) is 6.26 Å². The second-order valence-electron chi connectivity index (χ2n) is 2.55. The molecule has 0 aliphatic rings. The van der Waals surface area contributed by atoms with Gasteiger partial charge in [-0.25, -0.2) is 4.39 Å². The second-order valence-corrected chi connectivity index (χ2v) is 4.41. The van der Waals surface area contributed by atoms with Crippen LogP contribution in [-0.4, -0.2) is 6.26 Å². The van der Waals surface area contributed by atoms with E-state index >= 15 is 0 Å². The van der Waals surface area contributed by atoms with E-state index in [0.717, 1.165) is 19.6 Å². The number of hydrogen-bond donors (Lipinski definition) is 0. The molecule has 2 aromatic rings. The molecule has 0 unspecified atom stereocenters. The molecule has 0 saturated carbocycles. The topological polar surface area (TPSA) is 13.1 Å². The van der Waals surface area contributed by atoms with Gasteiger partial charge < -0.3 is 4.42 Å². The van der Waals surface area contributed by atoms with Crippen LogP contribution in [0, 0.1) is 9.39 Å². The number of benzene rings is 1. The largest absolute Gasteiger partial charge is 0.449 e. The molecule has 1 nitrogen and oxygen atoms in total. The highest BCUT2D eigenvalue weighted by Crippen LogP contribution is 2.33. The fourth-order valence-electron chi connectivity index (χ4n) is 1.15. The quantitative estimate of drug-likeness (QED) is 0.585. The SMILES string of the molecule is CSc1oc2ccc(F)cc2c1I. The van der Waals surface area contributed by atoms with Gasteiger partial charge in [-0.3, -0.25) is 0 Å². The number of hydrogen-bond acceptors (Lipinski definition) is 2. The van der Waals surface area contributed by atoms with E-state index in [1.54, 1.807) is 6.07 Å². The van der Waals surface area contributed by atoms with E-state index in [9.17, 15) is 4.39 Å². The summed E-state index contributed by atoms with van der Waals surface area (Å²) in [5.74, 6) is -0.223. The Bertz CT molecular complexity index is 452. The molecule has 0 spiro atoms. The molecule has 0 amide bonds. The first-order chi connectivity index (χ1) is 6.22. The smallest absolute Gasteiger partial charge is 0.174 e. The Morgan fingerprint density at radius 2 is 2.23 bits per heavy atom. The molecule has 0 radical (unpaired) electrons. The van der Waals surface area contributed by atoms with Crippen LogP contribution in [0.4, 0.5) is 4.39 Å². The van der Waals surface area contributed by atoms with E-state index in [0.29, 0.717) is 0 Å². The molecule has 4 heteroatoms. The molecule has 0 N–H and O–H groups in total. The first-order valence-corrected chi connectivity index (χ1v) is 5.94. The molecule has 0 aliphatic carbocycles. The minimum atomic E-state index is -0.223. The fourth-order valence-corrected chi connectivity index (χ4v) is 2.80. The van der Waals surface area contributed by atoms with Crippen LogP contribution in [0.3, 0.4) is 0 Å². The molecular weight excluding hydrogens is 302 g/mol. The van der Waals surface area contributed by atoms with E-state index in [1.807, 2.05) is 6.26 Å². The Morgan fingerprint density at radius 3 is 2.92 bits per heavy atom. The van der Waals surface area contributed by atoms with E-state index in [4.69, 9.17) is 4.42 Å². The zero-order valence-electron chi connectivity index (χ0n) is 6.80. The Morgan fingerprint density at radius 1 is 1.46 bits per heavy atom. The van der Waals surface area contributed by atoms with Gasteiger partial charge in [0.05, 0.1) is 3.57 Å². The average Bonchev–Trinajstić information content (AvgIpc) is 2.44. The molecule has 0 aliphatic heterocycles. The molecule has 0 bridgehead atoms. The van der Waals surface area contributed by atoms with Crippen LogP contribution in [0.2, 0.25) is 0 Å². The third-order valence-electron chi connectivity index (χ3n) is 1.75. The van der Waals surface area contributed by atoms with Crippen LogP contribution in [0.1, 0.15) is 0 Å². The van der Waals surface area contributed by atoms with Gasteiger partial charge in [0.15, 0.2) is 5.09 Å². The lowest BCUT2D eigenvalue weighted by Crippen LogP contribution is -1.72. The number of rotatable bonds is 1. The van der Waals surface area contributed by atoms with Gasteiger partial charge in [0.1, 0.15) is 11.4 Å². The van der Waals surface area contributed by atoms with Crippen LogP contribution < -0.4 is 0 Å². The Hall–Kier alpha value is -0.230. The molecule has 1 aromatic carbocycles. The van der Waals surface area contributed by atoms with Gasteiger partial charge in [-0.05, 0) is 47.0 Å². The fraction of sp³-hybridized carbons (Fsp3) is 0.111. The summed E-state index contributed by atoms with van der Waals surface area (Å²) < 4.78 is 19.4. The van der Waals surface area contributed by atoms with Gasteiger partial charge in [-0.1, -0.05) is 11.8 Å². The summed E-state index contributed by atoms with van der Waals surface area (Å²) in [5.41, 5.74) is 0.746. The summed E-state index contributed by atoms with van der Waals surface area (Å²) in [7, 11) is 0. The molecule has 2 rings (SSSR count). The minimum absolute atomic E-state index is 0.223. The van der Waals surface area contributed by atoms with Crippen molar-refractivity contribution in [1.29, 1.82) is 0 Å². The van der Waals surface area contributed by atoms with Crippen molar-refractivity contribution in [2.45, 2.75) is 5.09 Å². The lowest BCUT2D eigenvalue weighted by Gasteiger charge is -1.88. The summed E-state index contributed by atoms with van der Waals surface area (Å²) in [4.78, 5) is 0. The van der Waals surface area contributed by atoms with Crippen LogP contribution >= 0.6 is 34.4 Å². The van der Waals surface area contributed by atoms with Crippen molar-refractivity contribution in [2.24, 2.45) is 0 Å². The maximum atomic E-state index is 12.9. The van der Waals surface area contributed by atoms with Gasteiger partial charge >= 0.3 is 0 Å². The van der Waals surface area contributed by atoms with E-state index in [2.05, 4.69) is 22.6 Å². The molecular formula is C9H6FIOS. The third kappa shape index (κ3) is 1.57. The highest BCUT2D eigenvalue weighted by Gasteiger charge is 2.10. The van der Waals surface area contributed by atoms with Crippen LogP contribution in [0.5, 0.6) is 0 Å². The van der Waals surface area contributed by atoms with Gasteiger partial charge in [0, 0.05) is 5.39 Å². The minimum Gasteiger partial charge on any atom is -0.449 e. The van der Waals surface area contributed by atoms with Gasteiger partial charge in [0.2, 0.25) is 0 Å². The second kappa shape index (κ2) is 3.49. The lowest BCUT2D eigenvalue weighted by atomic mass is 10.2. The van der Waals surface area contributed by atoms with E-state index < -0.39 is 0 Å². The maximum absolute atomic E-state index is 12.9. The normalized spacial score (nSPS) is 11.0. The number of thioether (sulfide) groups is 1. The highest BCUT2D eigenvalue weighted by atomic mass is 127. The molecule has 1 aromatic heterocycles. The predicted molar refractivity (Wildman–Crippen MR) is 60.7 cm³/mol. The van der Waals surface area contributed by atoms with Crippen LogP contribution in [-0.2, 0) is 0 Å². The molecule has 0 saturated heterocycles. The molecule has 13 heavy (non-hydrogen) atoms. The predicted octanol–water partition coefficient (Wildman–Crippen LogP) is 3.90. The third-order valence-corrected chi connectivity index (χ3v) is 3.84. The Labute approximate surface area is 92.8 Å². The van der Waals surface area contributed by atoms with Gasteiger partial charge in [0.25, 0.3) is 0 Å². The zero-order valence-corrected chi connectivity index (χ0v) is 9.78. The van der Waals surface area contributed by atoms with Crippen LogP contribution in [0.25, 0.3) is 11.0 Å². The molecule has 1 heterocycles. The monoisotopic (exact) mass is 308 g/mol. The highest BCUT2D eigenvalue weighted by molar-refractivity contribution is 14.1. The summed E-state index contributed by atoms with van der Waals surface area (Å²) in [6.07, 6.45) is 1.94. The summed E-state index contributed by atoms with van der Waals surface area (Å²) in [6.45, 7) is 0. The Balaban J connectivity index is 2.77. The first kappa shape index (κ1) is 9.33. The standard InChI is InChI=1S/C9H6FIOS/c1-13-9-8(11)6-4-5(10)2-3-7(6)12-9/h2-4H,1H3. The average molecular weight is 308 g/mol. The maximum Gasteiger partial charge on any atom is 0.174 e.